The van der Waals surface area contributed by atoms with Gasteiger partial charge in [-0.05, 0) is 18.6 Å². The van der Waals surface area contributed by atoms with E-state index in [1.54, 1.807) is 6.92 Å². The molecular weight excluding hydrogens is 347 g/mol. The Kier molecular flexibility index (Phi) is 5.54. The highest BCUT2D eigenvalue weighted by atomic mass is 35.5. The van der Waals surface area contributed by atoms with Crippen LogP contribution in [0.2, 0.25) is 0 Å². The van der Waals surface area contributed by atoms with Crippen molar-refractivity contribution in [3.05, 3.63) is 45.4 Å². The summed E-state index contributed by atoms with van der Waals surface area (Å²) >= 11 is 1.12. The van der Waals surface area contributed by atoms with E-state index in [-0.39, 0.29) is 23.8 Å². The van der Waals surface area contributed by atoms with E-state index in [0.717, 1.165) is 35.7 Å². The number of benzene rings is 1. The predicted molar refractivity (Wildman–Crippen MR) is 88.3 cm³/mol. The summed E-state index contributed by atoms with van der Waals surface area (Å²) in [6.07, 6.45) is -4.40. The minimum atomic E-state index is -4.40. The van der Waals surface area contributed by atoms with Crippen molar-refractivity contribution in [2.24, 2.45) is 0 Å². The number of halogens is 4. The van der Waals surface area contributed by atoms with Gasteiger partial charge >= 0.3 is 6.18 Å². The summed E-state index contributed by atoms with van der Waals surface area (Å²) in [4.78, 5) is 5.95. The molecule has 0 radical (unpaired) electrons. The summed E-state index contributed by atoms with van der Waals surface area (Å²) in [5.41, 5.74) is 1.35. The summed E-state index contributed by atoms with van der Waals surface area (Å²) in [7, 11) is 0. The number of thiazole rings is 1. The van der Waals surface area contributed by atoms with Crippen molar-refractivity contribution in [1.29, 1.82) is 0 Å². The molecule has 1 aromatic heterocycles. The first-order valence-electron chi connectivity index (χ1n) is 7.02. The number of fused-ring (bicyclic) bond motifs is 1. The summed E-state index contributed by atoms with van der Waals surface area (Å²) in [5.74, 6) is 0. The molecule has 0 atom stereocenters. The Hall–Kier alpha value is -1.31. The molecule has 0 bridgehead atoms. The van der Waals surface area contributed by atoms with Gasteiger partial charge in [0, 0.05) is 25.3 Å². The molecule has 1 aliphatic rings. The van der Waals surface area contributed by atoms with E-state index in [9.17, 15) is 13.2 Å². The molecule has 0 fully saturated rings. The van der Waals surface area contributed by atoms with Crippen LogP contribution >= 0.6 is 23.7 Å². The lowest BCUT2D eigenvalue weighted by atomic mass is 10.1. The molecular formula is C15H17ClF3N3S. The van der Waals surface area contributed by atoms with E-state index < -0.39 is 11.9 Å². The zero-order valence-electron chi connectivity index (χ0n) is 12.5. The first-order chi connectivity index (χ1) is 10.4. The Labute approximate surface area is 142 Å². The van der Waals surface area contributed by atoms with Crippen molar-refractivity contribution in [2.75, 3.05) is 18.0 Å². The maximum Gasteiger partial charge on any atom is 0.434 e. The molecule has 1 aromatic carbocycles. The van der Waals surface area contributed by atoms with Crippen LogP contribution < -0.4 is 10.2 Å². The van der Waals surface area contributed by atoms with Crippen LogP contribution in [0, 0.1) is 6.92 Å². The number of para-hydroxylation sites is 1. The van der Waals surface area contributed by atoms with Crippen LogP contribution in [0.25, 0.3) is 0 Å². The molecule has 0 saturated carbocycles. The molecule has 0 aliphatic carbocycles. The molecule has 2 heterocycles. The Bertz CT molecular complexity index is 672. The third-order valence-electron chi connectivity index (χ3n) is 3.61. The average molecular weight is 364 g/mol. The van der Waals surface area contributed by atoms with Crippen LogP contribution in [-0.2, 0) is 19.3 Å². The van der Waals surface area contributed by atoms with Gasteiger partial charge in [0.15, 0.2) is 5.69 Å². The zero-order chi connectivity index (χ0) is 15.7. The van der Waals surface area contributed by atoms with Gasteiger partial charge in [-0.3, -0.25) is 0 Å². The van der Waals surface area contributed by atoms with E-state index >= 15 is 0 Å². The van der Waals surface area contributed by atoms with E-state index in [1.807, 2.05) is 29.2 Å². The largest absolute Gasteiger partial charge is 0.434 e. The Morgan fingerprint density at radius 2 is 2.04 bits per heavy atom. The number of anilines is 1. The lowest BCUT2D eigenvalue weighted by molar-refractivity contribution is -0.141. The second-order valence-corrected chi connectivity index (χ2v) is 6.52. The Balaban J connectivity index is 0.00000192. The van der Waals surface area contributed by atoms with E-state index in [0.29, 0.717) is 11.6 Å². The van der Waals surface area contributed by atoms with E-state index in [2.05, 4.69) is 10.3 Å². The van der Waals surface area contributed by atoms with Gasteiger partial charge in [0.05, 0.1) is 16.4 Å². The van der Waals surface area contributed by atoms with E-state index in [4.69, 9.17) is 0 Å². The highest BCUT2D eigenvalue weighted by Gasteiger charge is 2.37. The Morgan fingerprint density at radius 1 is 1.30 bits per heavy atom. The number of alkyl halides is 3. The fourth-order valence-corrected chi connectivity index (χ4v) is 3.63. The van der Waals surface area contributed by atoms with Crippen LogP contribution in [0.4, 0.5) is 18.9 Å². The van der Waals surface area contributed by atoms with E-state index in [1.165, 1.54) is 0 Å². The second-order valence-electron chi connectivity index (χ2n) is 5.23. The number of hydrogen-bond donors (Lipinski definition) is 1. The maximum absolute atomic E-state index is 13.1. The van der Waals surface area contributed by atoms with Gasteiger partial charge in [-0.2, -0.15) is 13.2 Å². The van der Waals surface area contributed by atoms with Gasteiger partial charge in [0.2, 0.25) is 0 Å². The first kappa shape index (κ1) is 18.0. The van der Waals surface area contributed by atoms with Crippen LogP contribution in [0.1, 0.15) is 21.1 Å². The van der Waals surface area contributed by atoms with Crippen molar-refractivity contribution in [1.82, 2.24) is 10.3 Å². The third kappa shape index (κ3) is 3.97. The lowest BCUT2D eigenvalue weighted by Gasteiger charge is -2.24. The number of rotatable bonds is 2. The third-order valence-corrected chi connectivity index (χ3v) is 4.57. The molecule has 0 saturated heterocycles. The van der Waals surface area contributed by atoms with Crippen molar-refractivity contribution >= 4 is 29.4 Å². The highest BCUT2D eigenvalue weighted by molar-refractivity contribution is 7.11. The normalized spacial score (nSPS) is 14.9. The number of nitrogens with one attached hydrogen (secondary N) is 1. The van der Waals surface area contributed by atoms with Gasteiger partial charge in [-0.1, -0.05) is 18.2 Å². The molecule has 1 aliphatic heterocycles. The molecule has 1 N–H and O–H groups in total. The Morgan fingerprint density at radius 3 is 2.78 bits per heavy atom. The predicted octanol–water partition coefficient (Wildman–Crippen LogP) is 4.00. The van der Waals surface area contributed by atoms with Crippen molar-refractivity contribution in [3.63, 3.8) is 0 Å². The first-order valence-corrected chi connectivity index (χ1v) is 7.84. The molecule has 126 valence electrons. The molecule has 0 unspecified atom stereocenters. The van der Waals surface area contributed by atoms with Crippen LogP contribution in [0.5, 0.6) is 0 Å². The SMILES string of the molecule is Cc1nc(C(F)(F)F)c(CN2CCNCc3ccccc32)s1.Cl. The maximum atomic E-state index is 13.1. The summed E-state index contributed by atoms with van der Waals surface area (Å²) in [6.45, 7) is 4.00. The average Bonchev–Trinajstić information content (AvgIpc) is 2.72. The molecule has 3 nitrogen and oxygen atoms in total. The minimum absolute atomic E-state index is 0. The topological polar surface area (TPSA) is 28.2 Å². The molecule has 3 rings (SSSR count). The van der Waals surface area contributed by atoms with Crippen LogP contribution in [-0.4, -0.2) is 18.1 Å². The van der Waals surface area contributed by atoms with Gasteiger partial charge in [-0.15, -0.1) is 23.7 Å². The lowest BCUT2D eigenvalue weighted by Crippen LogP contribution is -2.28. The molecule has 0 amide bonds. The molecule has 2 aromatic rings. The molecule has 23 heavy (non-hydrogen) atoms. The van der Waals surface area contributed by atoms with Crippen molar-refractivity contribution < 1.29 is 13.2 Å². The van der Waals surface area contributed by atoms with Gasteiger partial charge in [0.25, 0.3) is 0 Å². The van der Waals surface area contributed by atoms with Crippen molar-refractivity contribution in [2.45, 2.75) is 26.2 Å². The fourth-order valence-electron chi connectivity index (χ4n) is 2.66. The highest BCUT2D eigenvalue weighted by Crippen LogP contribution is 2.36. The smallest absolute Gasteiger partial charge is 0.365 e. The zero-order valence-corrected chi connectivity index (χ0v) is 14.1. The van der Waals surface area contributed by atoms with Crippen molar-refractivity contribution in [3.8, 4) is 0 Å². The molecule has 0 spiro atoms. The summed E-state index contributed by atoms with van der Waals surface area (Å²) in [6, 6.07) is 7.83. The van der Waals surface area contributed by atoms with Crippen LogP contribution in [0.15, 0.2) is 24.3 Å². The number of hydrogen-bond acceptors (Lipinski definition) is 4. The van der Waals surface area contributed by atoms with Gasteiger partial charge < -0.3 is 10.2 Å². The quantitative estimate of drug-likeness (QED) is 0.874. The summed E-state index contributed by atoms with van der Waals surface area (Å²) in [5, 5.41) is 3.74. The minimum Gasteiger partial charge on any atom is -0.365 e. The number of aromatic nitrogens is 1. The van der Waals surface area contributed by atoms with Gasteiger partial charge in [0.1, 0.15) is 0 Å². The second kappa shape index (κ2) is 7.07. The van der Waals surface area contributed by atoms with Gasteiger partial charge in [-0.25, -0.2) is 4.98 Å². The number of nitrogens with zero attached hydrogens (tertiary/aromatic N) is 2. The molecule has 8 heteroatoms. The fraction of sp³-hybridized carbons (Fsp3) is 0.400. The number of aryl methyl sites for hydroxylation is 1. The van der Waals surface area contributed by atoms with Crippen LogP contribution in [0.3, 0.4) is 0 Å². The standard InChI is InChI=1S/C15H16F3N3S.ClH/c1-10-20-14(15(16,17)18)13(22-10)9-21-7-6-19-8-11-4-2-3-5-12(11)21;/h2-5,19H,6-9H2,1H3;1H. The summed E-state index contributed by atoms with van der Waals surface area (Å²) < 4.78 is 39.3. The monoisotopic (exact) mass is 363 g/mol.